The van der Waals surface area contributed by atoms with Crippen LogP contribution in [0.2, 0.25) is 0 Å². The Morgan fingerprint density at radius 1 is 1.38 bits per heavy atom. The monoisotopic (exact) mass is 225 g/mol. The average molecular weight is 225 g/mol. The highest BCUT2D eigenvalue weighted by Gasteiger charge is 2.10. The summed E-state index contributed by atoms with van der Waals surface area (Å²) < 4.78 is 4.88. The van der Waals surface area contributed by atoms with Crippen molar-refractivity contribution < 1.29 is 9.84 Å². The molecule has 0 saturated heterocycles. The fourth-order valence-corrected chi connectivity index (χ4v) is 1.26. The van der Waals surface area contributed by atoms with Crippen LogP contribution >= 0.6 is 0 Å². The van der Waals surface area contributed by atoms with Gasteiger partial charge in [-0.1, -0.05) is 13.8 Å². The van der Waals surface area contributed by atoms with Crippen LogP contribution in [0.1, 0.15) is 37.4 Å². The van der Waals surface area contributed by atoms with Gasteiger partial charge in [0, 0.05) is 19.3 Å². The molecule has 0 aliphatic carbocycles. The van der Waals surface area contributed by atoms with Crippen LogP contribution in [0.5, 0.6) is 0 Å². The van der Waals surface area contributed by atoms with E-state index < -0.39 is 6.23 Å². The molecule has 0 aliphatic rings. The van der Waals surface area contributed by atoms with E-state index in [0.29, 0.717) is 24.8 Å². The quantitative estimate of drug-likeness (QED) is 0.554. The lowest BCUT2D eigenvalue weighted by atomic mass is 10.1. The Hall–Kier alpha value is -1.04. The Bertz CT molecular complexity index is 318. The summed E-state index contributed by atoms with van der Waals surface area (Å²) in [5.74, 6) is 0.327. The van der Waals surface area contributed by atoms with E-state index in [9.17, 15) is 5.11 Å². The molecule has 2 N–H and O–H groups in total. The van der Waals surface area contributed by atoms with Crippen LogP contribution in [0.25, 0.3) is 0 Å². The third-order valence-electron chi connectivity index (χ3n) is 2.22. The number of hydrogen-bond acceptors (Lipinski definition) is 5. The van der Waals surface area contributed by atoms with Crippen molar-refractivity contribution in [2.24, 2.45) is 0 Å². The molecule has 16 heavy (non-hydrogen) atoms. The number of aliphatic hydroxyl groups is 1. The van der Waals surface area contributed by atoms with E-state index in [4.69, 9.17) is 4.74 Å². The summed E-state index contributed by atoms with van der Waals surface area (Å²) in [5, 5.41) is 12.7. The summed E-state index contributed by atoms with van der Waals surface area (Å²) in [6, 6.07) is 1.81. The van der Waals surface area contributed by atoms with Crippen molar-refractivity contribution in [2.45, 2.75) is 26.0 Å². The van der Waals surface area contributed by atoms with Crippen LogP contribution in [-0.4, -0.2) is 35.3 Å². The van der Waals surface area contributed by atoms with Gasteiger partial charge in [-0.25, -0.2) is 9.97 Å². The number of nitrogens with one attached hydrogen (secondary N) is 1. The maximum atomic E-state index is 9.80. The highest BCUT2D eigenvalue weighted by Crippen LogP contribution is 2.14. The summed E-state index contributed by atoms with van der Waals surface area (Å²) in [6.45, 7) is 5.24. The number of aromatic nitrogens is 2. The minimum absolute atomic E-state index is 0.327. The maximum absolute atomic E-state index is 9.80. The first-order chi connectivity index (χ1) is 7.65. The number of methoxy groups -OCH3 is 1. The van der Waals surface area contributed by atoms with E-state index >= 15 is 0 Å². The molecule has 0 aromatic carbocycles. The van der Waals surface area contributed by atoms with Gasteiger partial charge < -0.3 is 9.84 Å². The van der Waals surface area contributed by atoms with Gasteiger partial charge in [0.15, 0.2) is 0 Å². The van der Waals surface area contributed by atoms with Gasteiger partial charge in [-0.2, -0.15) is 0 Å². The second kappa shape index (κ2) is 6.52. The first kappa shape index (κ1) is 13.0. The van der Waals surface area contributed by atoms with Crippen LogP contribution < -0.4 is 5.32 Å². The van der Waals surface area contributed by atoms with Crippen molar-refractivity contribution in [3.05, 3.63) is 23.8 Å². The Labute approximate surface area is 95.9 Å². The maximum Gasteiger partial charge on any atom is 0.148 e. The van der Waals surface area contributed by atoms with Gasteiger partial charge in [0.1, 0.15) is 12.6 Å². The fourth-order valence-electron chi connectivity index (χ4n) is 1.26. The van der Waals surface area contributed by atoms with Gasteiger partial charge in [0.05, 0.1) is 12.3 Å². The summed E-state index contributed by atoms with van der Waals surface area (Å²) >= 11 is 0. The molecular weight excluding hydrogens is 206 g/mol. The Balaban J connectivity index is 2.60. The molecule has 5 nitrogen and oxygen atoms in total. The molecule has 5 heteroatoms. The van der Waals surface area contributed by atoms with Gasteiger partial charge in [-0.3, -0.25) is 5.32 Å². The Kier molecular flexibility index (Phi) is 5.31. The van der Waals surface area contributed by atoms with Crippen molar-refractivity contribution in [1.82, 2.24) is 15.3 Å². The lowest BCUT2D eigenvalue weighted by Crippen LogP contribution is -2.25. The molecule has 0 spiro atoms. The molecule has 0 fully saturated rings. The lowest BCUT2D eigenvalue weighted by molar-refractivity contribution is 0.115. The van der Waals surface area contributed by atoms with Crippen molar-refractivity contribution >= 4 is 0 Å². The molecule has 0 bridgehead atoms. The van der Waals surface area contributed by atoms with E-state index in [1.165, 1.54) is 6.33 Å². The summed E-state index contributed by atoms with van der Waals surface area (Å²) in [4.78, 5) is 8.18. The summed E-state index contributed by atoms with van der Waals surface area (Å²) in [5.41, 5.74) is 1.52. The minimum Gasteiger partial charge on any atom is -0.383 e. The summed E-state index contributed by atoms with van der Waals surface area (Å²) in [7, 11) is 1.62. The van der Waals surface area contributed by atoms with Gasteiger partial charge in [0.2, 0.25) is 0 Å². The zero-order valence-corrected chi connectivity index (χ0v) is 9.97. The van der Waals surface area contributed by atoms with E-state index in [-0.39, 0.29) is 0 Å². The molecular formula is C11H19N3O2. The first-order valence-electron chi connectivity index (χ1n) is 5.37. The zero-order chi connectivity index (χ0) is 12.0. The van der Waals surface area contributed by atoms with Crippen LogP contribution in [0, 0.1) is 0 Å². The van der Waals surface area contributed by atoms with Crippen LogP contribution in [0.3, 0.4) is 0 Å². The van der Waals surface area contributed by atoms with E-state index in [1.807, 2.05) is 6.07 Å². The number of hydrogen-bond donors (Lipinski definition) is 2. The molecule has 0 radical (unpaired) electrons. The van der Waals surface area contributed by atoms with Crippen LogP contribution in [0.4, 0.5) is 0 Å². The number of nitrogens with zero attached hydrogens (tertiary/aromatic N) is 2. The van der Waals surface area contributed by atoms with E-state index in [0.717, 1.165) is 5.69 Å². The van der Waals surface area contributed by atoms with Crippen molar-refractivity contribution in [2.75, 3.05) is 20.3 Å². The minimum atomic E-state index is -0.768. The molecule has 0 saturated carbocycles. The standard InChI is InChI=1S/C11H19N3O2/c1-8(2)9-6-10(14-7-13-9)11(15)12-4-5-16-3/h6-8,11-12,15H,4-5H2,1-3H3. The Morgan fingerprint density at radius 3 is 2.69 bits per heavy atom. The van der Waals surface area contributed by atoms with Crippen molar-refractivity contribution in [1.29, 1.82) is 0 Å². The molecule has 0 amide bonds. The van der Waals surface area contributed by atoms with Crippen molar-refractivity contribution in [3.8, 4) is 0 Å². The highest BCUT2D eigenvalue weighted by atomic mass is 16.5. The zero-order valence-electron chi connectivity index (χ0n) is 9.97. The molecule has 0 aliphatic heterocycles. The molecule has 1 unspecified atom stereocenters. The van der Waals surface area contributed by atoms with E-state index in [1.54, 1.807) is 7.11 Å². The molecule has 1 heterocycles. The number of rotatable bonds is 6. The smallest absolute Gasteiger partial charge is 0.148 e. The SMILES string of the molecule is COCCNC(O)c1cc(C(C)C)ncn1. The topological polar surface area (TPSA) is 67.3 Å². The molecule has 90 valence electrons. The normalized spacial score (nSPS) is 13.1. The van der Waals surface area contributed by atoms with Gasteiger partial charge >= 0.3 is 0 Å². The van der Waals surface area contributed by atoms with Gasteiger partial charge in [-0.15, -0.1) is 0 Å². The first-order valence-corrected chi connectivity index (χ1v) is 5.37. The average Bonchev–Trinajstić information content (AvgIpc) is 2.29. The van der Waals surface area contributed by atoms with Gasteiger partial charge in [0.25, 0.3) is 0 Å². The molecule has 1 aromatic rings. The van der Waals surface area contributed by atoms with Crippen LogP contribution in [-0.2, 0) is 4.74 Å². The second-order valence-corrected chi connectivity index (χ2v) is 3.87. The molecule has 1 aromatic heterocycles. The molecule has 1 atom stereocenters. The number of ether oxygens (including phenoxy) is 1. The lowest BCUT2D eigenvalue weighted by Gasteiger charge is -2.13. The Morgan fingerprint density at radius 2 is 2.06 bits per heavy atom. The van der Waals surface area contributed by atoms with Crippen LogP contribution in [0.15, 0.2) is 12.4 Å². The fraction of sp³-hybridized carbons (Fsp3) is 0.636. The predicted octanol–water partition coefficient (Wildman–Crippen LogP) is 0.827. The van der Waals surface area contributed by atoms with Gasteiger partial charge in [-0.05, 0) is 12.0 Å². The predicted molar refractivity (Wildman–Crippen MR) is 61.0 cm³/mol. The van der Waals surface area contributed by atoms with Crippen molar-refractivity contribution in [3.63, 3.8) is 0 Å². The highest BCUT2D eigenvalue weighted by molar-refractivity contribution is 5.12. The van der Waals surface area contributed by atoms with E-state index in [2.05, 4.69) is 29.1 Å². The second-order valence-electron chi connectivity index (χ2n) is 3.87. The summed E-state index contributed by atoms with van der Waals surface area (Å²) in [6.07, 6.45) is 0.710. The third-order valence-corrected chi connectivity index (χ3v) is 2.22. The third kappa shape index (κ3) is 3.84. The molecule has 1 rings (SSSR count). The number of aliphatic hydroxyl groups excluding tert-OH is 1. The largest absolute Gasteiger partial charge is 0.383 e.